The first-order valence-corrected chi connectivity index (χ1v) is 9.58. The Hall–Kier alpha value is -1.83. The van der Waals surface area contributed by atoms with E-state index in [1.807, 2.05) is 30.3 Å². The third kappa shape index (κ3) is 3.58. The quantitative estimate of drug-likeness (QED) is 0.835. The Balaban J connectivity index is 1.74. The van der Waals surface area contributed by atoms with Gasteiger partial charge in [-0.2, -0.15) is 4.31 Å². The third-order valence-electron chi connectivity index (χ3n) is 4.62. The summed E-state index contributed by atoms with van der Waals surface area (Å²) in [6, 6.07) is 13.2. The Labute approximate surface area is 146 Å². The van der Waals surface area contributed by atoms with Crippen LogP contribution in [-0.2, 0) is 10.0 Å². The number of halogens is 2. The van der Waals surface area contributed by atoms with Crippen molar-refractivity contribution >= 4 is 10.0 Å². The molecule has 0 aliphatic carbocycles. The largest absolute Gasteiger partial charge is 0.294 e. The van der Waals surface area contributed by atoms with Crippen LogP contribution in [0.2, 0.25) is 0 Å². The SMILES string of the molecule is C[C@@H](c1ccccc1)N1CCN(S(=O)(=O)c2c(F)cccc2F)CC1. The summed E-state index contributed by atoms with van der Waals surface area (Å²) in [7, 11) is -4.18. The number of piperazine rings is 1. The Morgan fingerprint density at radius 1 is 0.880 bits per heavy atom. The molecule has 25 heavy (non-hydrogen) atoms. The summed E-state index contributed by atoms with van der Waals surface area (Å²) in [5.74, 6) is -2.11. The standard InChI is InChI=1S/C18H20F2N2O2S/c1-14(15-6-3-2-4-7-15)21-10-12-22(13-11-21)25(23,24)18-16(19)8-5-9-17(18)20/h2-9,14H,10-13H2,1H3/t14-/m0/s1. The molecule has 4 nitrogen and oxygen atoms in total. The van der Waals surface area contributed by atoms with Gasteiger partial charge in [-0.25, -0.2) is 17.2 Å². The van der Waals surface area contributed by atoms with Crippen LogP contribution in [0.3, 0.4) is 0 Å². The number of rotatable bonds is 4. The molecule has 0 spiro atoms. The monoisotopic (exact) mass is 366 g/mol. The summed E-state index contributed by atoms with van der Waals surface area (Å²) in [5, 5.41) is 0. The van der Waals surface area contributed by atoms with Gasteiger partial charge in [0.15, 0.2) is 4.90 Å². The van der Waals surface area contributed by atoms with Crippen molar-refractivity contribution in [3.63, 3.8) is 0 Å². The summed E-state index contributed by atoms with van der Waals surface area (Å²) in [6.45, 7) is 3.48. The van der Waals surface area contributed by atoms with E-state index < -0.39 is 26.6 Å². The minimum atomic E-state index is -4.18. The van der Waals surface area contributed by atoms with Crippen molar-refractivity contribution in [3.05, 3.63) is 65.7 Å². The van der Waals surface area contributed by atoms with Crippen molar-refractivity contribution in [1.82, 2.24) is 9.21 Å². The molecule has 0 unspecified atom stereocenters. The van der Waals surface area contributed by atoms with Gasteiger partial charge in [0.1, 0.15) is 11.6 Å². The zero-order valence-corrected chi connectivity index (χ0v) is 14.7. The lowest BCUT2D eigenvalue weighted by Crippen LogP contribution is -2.49. The van der Waals surface area contributed by atoms with E-state index in [0.717, 1.165) is 28.1 Å². The van der Waals surface area contributed by atoms with E-state index in [-0.39, 0.29) is 19.1 Å². The summed E-state index contributed by atoms with van der Waals surface area (Å²) >= 11 is 0. The molecule has 2 aromatic rings. The zero-order chi connectivity index (χ0) is 18.0. The van der Waals surface area contributed by atoms with Gasteiger partial charge in [0, 0.05) is 32.2 Å². The molecular weight excluding hydrogens is 346 g/mol. The fourth-order valence-corrected chi connectivity index (χ4v) is 4.66. The molecule has 0 radical (unpaired) electrons. The first-order chi connectivity index (χ1) is 11.9. The maximum absolute atomic E-state index is 13.9. The van der Waals surface area contributed by atoms with Crippen molar-refractivity contribution in [2.24, 2.45) is 0 Å². The number of sulfonamides is 1. The van der Waals surface area contributed by atoms with Gasteiger partial charge in [-0.15, -0.1) is 0 Å². The number of benzene rings is 2. The van der Waals surface area contributed by atoms with Gasteiger partial charge in [-0.1, -0.05) is 36.4 Å². The van der Waals surface area contributed by atoms with Gasteiger partial charge in [0.2, 0.25) is 10.0 Å². The molecule has 0 saturated carbocycles. The highest BCUT2D eigenvalue weighted by Crippen LogP contribution is 2.26. The van der Waals surface area contributed by atoms with Crippen molar-refractivity contribution in [3.8, 4) is 0 Å². The molecule has 1 saturated heterocycles. The van der Waals surface area contributed by atoms with Gasteiger partial charge in [-0.05, 0) is 24.6 Å². The molecule has 1 fully saturated rings. The van der Waals surface area contributed by atoms with E-state index in [4.69, 9.17) is 0 Å². The molecule has 0 amide bonds. The lowest BCUT2D eigenvalue weighted by Gasteiger charge is -2.37. The zero-order valence-electron chi connectivity index (χ0n) is 13.9. The smallest absolute Gasteiger partial charge is 0.249 e. The van der Waals surface area contributed by atoms with E-state index in [2.05, 4.69) is 11.8 Å². The van der Waals surface area contributed by atoms with Crippen LogP contribution >= 0.6 is 0 Å². The van der Waals surface area contributed by atoms with Crippen LogP contribution < -0.4 is 0 Å². The molecule has 0 bridgehead atoms. The minimum absolute atomic E-state index is 0.149. The van der Waals surface area contributed by atoms with Crippen LogP contribution in [0.4, 0.5) is 8.78 Å². The highest BCUT2D eigenvalue weighted by Gasteiger charge is 2.34. The topological polar surface area (TPSA) is 40.6 Å². The summed E-state index contributed by atoms with van der Waals surface area (Å²) in [5.41, 5.74) is 1.15. The van der Waals surface area contributed by atoms with Crippen molar-refractivity contribution in [1.29, 1.82) is 0 Å². The van der Waals surface area contributed by atoms with E-state index >= 15 is 0 Å². The Kier molecular flexibility index (Phi) is 5.17. The summed E-state index contributed by atoms with van der Waals surface area (Å²) in [6.07, 6.45) is 0. The maximum atomic E-state index is 13.9. The van der Waals surface area contributed by atoms with Crippen molar-refractivity contribution in [2.45, 2.75) is 17.9 Å². The first-order valence-electron chi connectivity index (χ1n) is 8.14. The Morgan fingerprint density at radius 3 is 2.00 bits per heavy atom. The average molecular weight is 366 g/mol. The first kappa shape index (κ1) is 18.0. The second-order valence-electron chi connectivity index (χ2n) is 6.08. The fourth-order valence-electron chi connectivity index (χ4n) is 3.13. The van der Waals surface area contributed by atoms with Gasteiger partial charge < -0.3 is 0 Å². The molecule has 134 valence electrons. The molecule has 1 aliphatic rings. The molecule has 7 heteroatoms. The third-order valence-corrected chi connectivity index (χ3v) is 6.57. The van der Waals surface area contributed by atoms with Gasteiger partial charge in [0.05, 0.1) is 0 Å². The highest BCUT2D eigenvalue weighted by molar-refractivity contribution is 7.89. The van der Waals surface area contributed by atoms with Crippen LogP contribution in [0, 0.1) is 11.6 Å². The normalized spacial score (nSPS) is 18.2. The molecule has 0 N–H and O–H groups in total. The van der Waals surface area contributed by atoms with Gasteiger partial charge in [0.25, 0.3) is 0 Å². The molecule has 2 aromatic carbocycles. The molecule has 1 aliphatic heterocycles. The summed E-state index contributed by atoms with van der Waals surface area (Å²) < 4.78 is 54.1. The van der Waals surface area contributed by atoms with E-state index in [1.54, 1.807) is 0 Å². The lowest BCUT2D eigenvalue weighted by atomic mass is 10.1. The van der Waals surface area contributed by atoms with Crippen molar-refractivity contribution in [2.75, 3.05) is 26.2 Å². The molecular formula is C18H20F2N2O2S. The molecule has 1 heterocycles. The van der Waals surface area contributed by atoms with Crippen LogP contribution in [-0.4, -0.2) is 43.8 Å². The van der Waals surface area contributed by atoms with Crippen LogP contribution in [0.1, 0.15) is 18.5 Å². The van der Waals surface area contributed by atoms with Gasteiger partial charge >= 0.3 is 0 Å². The maximum Gasteiger partial charge on any atom is 0.249 e. The second-order valence-corrected chi connectivity index (χ2v) is 7.95. The fraction of sp³-hybridized carbons (Fsp3) is 0.333. The minimum Gasteiger partial charge on any atom is -0.294 e. The van der Waals surface area contributed by atoms with Crippen LogP contribution in [0.15, 0.2) is 53.4 Å². The highest BCUT2D eigenvalue weighted by atomic mass is 32.2. The van der Waals surface area contributed by atoms with Crippen LogP contribution in [0.5, 0.6) is 0 Å². The van der Waals surface area contributed by atoms with Crippen LogP contribution in [0.25, 0.3) is 0 Å². The number of hydrogen-bond acceptors (Lipinski definition) is 3. The predicted octanol–water partition coefficient (Wildman–Crippen LogP) is 3.03. The van der Waals surface area contributed by atoms with E-state index in [1.165, 1.54) is 0 Å². The van der Waals surface area contributed by atoms with E-state index in [9.17, 15) is 17.2 Å². The Bertz CT molecular complexity index is 815. The number of nitrogens with zero attached hydrogens (tertiary/aromatic N) is 2. The molecule has 1 atom stereocenters. The molecule has 3 rings (SSSR count). The Morgan fingerprint density at radius 2 is 1.44 bits per heavy atom. The van der Waals surface area contributed by atoms with Gasteiger partial charge in [-0.3, -0.25) is 4.90 Å². The summed E-state index contributed by atoms with van der Waals surface area (Å²) in [4.78, 5) is 1.30. The average Bonchev–Trinajstić information content (AvgIpc) is 2.61. The van der Waals surface area contributed by atoms with E-state index in [0.29, 0.717) is 13.1 Å². The van der Waals surface area contributed by atoms with Crippen molar-refractivity contribution < 1.29 is 17.2 Å². The lowest BCUT2D eigenvalue weighted by molar-refractivity contribution is 0.145. The number of hydrogen-bond donors (Lipinski definition) is 0. The predicted molar refractivity (Wildman–Crippen MR) is 91.5 cm³/mol. The second kappa shape index (κ2) is 7.19. The molecule has 0 aromatic heterocycles.